The second kappa shape index (κ2) is 6.10. The smallest absolute Gasteiger partial charge is 0.339 e. The van der Waals surface area contributed by atoms with E-state index in [1.165, 1.54) is 19.1 Å². The van der Waals surface area contributed by atoms with Gasteiger partial charge in [0, 0.05) is 3.57 Å². The van der Waals surface area contributed by atoms with Crippen LogP contribution >= 0.6 is 33.9 Å². The van der Waals surface area contributed by atoms with Crippen molar-refractivity contribution in [3.05, 3.63) is 43.6 Å². The van der Waals surface area contributed by atoms with Gasteiger partial charge < -0.3 is 10.4 Å². The summed E-state index contributed by atoms with van der Waals surface area (Å²) in [7, 11) is 0. The van der Waals surface area contributed by atoms with Gasteiger partial charge in [0.25, 0.3) is 0 Å². The highest BCUT2D eigenvalue weighted by Crippen LogP contribution is 2.36. The minimum Gasteiger partial charge on any atom is -0.478 e. The molecule has 0 fully saturated rings. The molecule has 7 heteroatoms. The van der Waals surface area contributed by atoms with Gasteiger partial charge in [-0.3, -0.25) is 4.79 Å². The van der Waals surface area contributed by atoms with E-state index in [2.05, 4.69) is 5.32 Å². The molecule has 0 saturated heterocycles. The third-order valence-corrected chi connectivity index (χ3v) is 4.84. The summed E-state index contributed by atoms with van der Waals surface area (Å²) in [5.41, 5.74) is 0.575. The van der Waals surface area contributed by atoms with Crippen molar-refractivity contribution in [2.75, 3.05) is 5.32 Å². The summed E-state index contributed by atoms with van der Waals surface area (Å²) in [6.45, 7) is 2.95. The summed E-state index contributed by atoms with van der Waals surface area (Å²) in [5, 5.41) is 12.3. The number of anilines is 2. The minimum atomic E-state index is -1.15. The molecule has 1 aromatic carbocycles. The normalized spacial score (nSPS) is 10.5. The van der Waals surface area contributed by atoms with Gasteiger partial charge in [0.2, 0.25) is 0 Å². The first-order valence-corrected chi connectivity index (χ1v) is 7.80. The van der Waals surface area contributed by atoms with Crippen LogP contribution in [0.2, 0.25) is 0 Å². The summed E-state index contributed by atoms with van der Waals surface area (Å²) >= 11 is 3.00. The second-order valence-electron chi connectivity index (χ2n) is 4.37. The number of thiophene rings is 1. The number of rotatable bonds is 4. The van der Waals surface area contributed by atoms with E-state index in [0.29, 0.717) is 10.4 Å². The first-order chi connectivity index (χ1) is 9.81. The number of benzene rings is 1. The Labute approximate surface area is 138 Å². The lowest BCUT2D eigenvalue weighted by Gasteiger charge is -2.07. The first kappa shape index (κ1) is 15.9. The average molecular weight is 419 g/mol. The van der Waals surface area contributed by atoms with Gasteiger partial charge in [-0.25, -0.2) is 9.18 Å². The Morgan fingerprint density at radius 3 is 2.57 bits per heavy atom. The summed E-state index contributed by atoms with van der Waals surface area (Å²) < 4.78 is 14.6. The van der Waals surface area contributed by atoms with E-state index < -0.39 is 11.8 Å². The molecule has 2 N–H and O–H groups in total. The van der Waals surface area contributed by atoms with Crippen LogP contribution in [0.25, 0.3) is 0 Å². The molecule has 0 spiro atoms. The number of halogens is 2. The van der Waals surface area contributed by atoms with Gasteiger partial charge in [-0.05, 0) is 60.2 Å². The van der Waals surface area contributed by atoms with E-state index in [4.69, 9.17) is 0 Å². The van der Waals surface area contributed by atoms with Crippen molar-refractivity contribution in [1.82, 2.24) is 0 Å². The number of hydrogen-bond donors (Lipinski definition) is 2. The fourth-order valence-corrected chi connectivity index (χ4v) is 3.47. The van der Waals surface area contributed by atoms with Crippen molar-refractivity contribution in [1.29, 1.82) is 0 Å². The molecule has 2 rings (SSSR count). The molecule has 0 unspecified atom stereocenters. The number of aromatic carboxylic acids is 1. The Morgan fingerprint density at radius 1 is 1.38 bits per heavy atom. The quantitative estimate of drug-likeness (QED) is 0.568. The van der Waals surface area contributed by atoms with E-state index in [1.807, 2.05) is 22.6 Å². The number of Topliss-reactive ketones (excluding diaryl/α,β-unsaturated/α-hetero) is 1. The van der Waals surface area contributed by atoms with Crippen LogP contribution in [0.4, 0.5) is 15.1 Å². The highest BCUT2D eigenvalue weighted by Gasteiger charge is 2.23. The molecule has 0 aliphatic rings. The van der Waals surface area contributed by atoms with Gasteiger partial charge in [-0.15, -0.1) is 11.3 Å². The SMILES string of the molecule is CC(=O)c1sc(Nc2ccc(I)cc2F)c(C(=O)O)c1C. The highest BCUT2D eigenvalue weighted by atomic mass is 127. The van der Waals surface area contributed by atoms with Crippen LogP contribution in [0.5, 0.6) is 0 Å². The zero-order chi connectivity index (χ0) is 15.7. The Bertz CT molecular complexity index is 742. The number of carboxylic acids is 1. The van der Waals surface area contributed by atoms with E-state index in [-0.39, 0.29) is 22.0 Å². The molecular weight excluding hydrogens is 408 g/mol. The zero-order valence-corrected chi connectivity index (χ0v) is 14.1. The molecule has 21 heavy (non-hydrogen) atoms. The van der Waals surface area contributed by atoms with Crippen LogP contribution in [0.3, 0.4) is 0 Å². The molecule has 1 heterocycles. The maximum absolute atomic E-state index is 13.9. The molecule has 0 bridgehead atoms. The highest BCUT2D eigenvalue weighted by molar-refractivity contribution is 14.1. The molecule has 1 aromatic heterocycles. The van der Waals surface area contributed by atoms with Gasteiger partial charge in [0.15, 0.2) is 5.78 Å². The summed E-state index contributed by atoms with van der Waals surface area (Å²) in [5.74, 6) is -1.84. The number of nitrogens with one attached hydrogen (secondary N) is 1. The maximum Gasteiger partial charge on any atom is 0.339 e. The molecule has 0 aliphatic carbocycles. The zero-order valence-electron chi connectivity index (χ0n) is 11.2. The van der Waals surface area contributed by atoms with Crippen LogP contribution in [-0.4, -0.2) is 16.9 Å². The van der Waals surface area contributed by atoms with Crippen molar-refractivity contribution in [3.8, 4) is 0 Å². The molecular formula is C14H11FINO3S. The summed E-state index contributed by atoms with van der Waals surface area (Å²) in [6.07, 6.45) is 0. The van der Waals surface area contributed by atoms with E-state index in [0.717, 1.165) is 14.9 Å². The van der Waals surface area contributed by atoms with Crippen LogP contribution in [0, 0.1) is 16.3 Å². The van der Waals surface area contributed by atoms with E-state index >= 15 is 0 Å². The van der Waals surface area contributed by atoms with Gasteiger partial charge in [-0.2, -0.15) is 0 Å². The fourth-order valence-electron chi connectivity index (χ4n) is 1.91. The summed E-state index contributed by atoms with van der Waals surface area (Å²) in [6, 6.07) is 4.58. The fraction of sp³-hybridized carbons (Fsp3) is 0.143. The number of hydrogen-bond acceptors (Lipinski definition) is 4. The molecule has 0 aliphatic heterocycles. The largest absolute Gasteiger partial charge is 0.478 e. The van der Waals surface area contributed by atoms with Crippen molar-refractivity contribution in [2.45, 2.75) is 13.8 Å². The first-order valence-electron chi connectivity index (χ1n) is 5.91. The monoisotopic (exact) mass is 419 g/mol. The number of carbonyl (C=O) groups excluding carboxylic acids is 1. The van der Waals surface area contributed by atoms with Gasteiger partial charge in [-0.1, -0.05) is 0 Å². The lowest BCUT2D eigenvalue weighted by molar-refractivity contribution is 0.0697. The second-order valence-corrected chi connectivity index (χ2v) is 6.64. The lowest BCUT2D eigenvalue weighted by Crippen LogP contribution is -2.03. The lowest BCUT2D eigenvalue weighted by atomic mass is 10.1. The molecule has 0 amide bonds. The van der Waals surface area contributed by atoms with Crippen LogP contribution in [0.1, 0.15) is 32.5 Å². The van der Waals surface area contributed by atoms with Crippen molar-refractivity contribution in [2.24, 2.45) is 0 Å². The number of carboxylic acid groups (broad SMARTS) is 1. The Balaban J connectivity index is 2.51. The average Bonchev–Trinajstić information content (AvgIpc) is 2.70. The Kier molecular flexibility index (Phi) is 4.62. The molecule has 2 aromatic rings. The van der Waals surface area contributed by atoms with Crippen LogP contribution in [0.15, 0.2) is 18.2 Å². The van der Waals surface area contributed by atoms with Crippen molar-refractivity contribution in [3.63, 3.8) is 0 Å². The minimum absolute atomic E-state index is 0.00292. The standard InChI is InChI=1S/C14H11FINO3S/c1-6-11(14(19)20)13(21-12(6)7(2)18)17-10-4-3-8(16)5-9(10)15/h3-5,17H,1-2H3,(H,19,20). The predicted molar refractivity (Wildman–Crippen MR) is 88.4 cm³/mol. The third kappa shape index (κ3) is 3.24. The molecule has 0 radical (unpaired) electrons. The van der Waals surface area contributed by atoms with Gasteiger partial charge in [0.05, 0.1) is 16.1 Å². The van der Waals surface area contributed by atoms with Crippen molar-refractivity contribution < 1.29 is 19.1 Å². The Hall–Kier alpha value is -1.48. The number of ketones is 1. The molecule has 110 valence electrons. The predicted octanol–water partition coefficient (Wildman–Crippen LogP) is 4.44. The number of carbonyl (C=O) groups is 2. The van der Waals surface area contributed by atoms with Gasteiger partial charge >= 0.3 is 5.97 Å². The molecule has 0 atom stereocenters. The topological polar surface area (TPSA) is 66.4 Å². The van der Waals surface area contributed by atoms with E-state index in [9.17, 15) is 19.1 Å². The van der Waals surface area contributed by atoms with Crippen LogP contribution in [-0.2, 0) is 0 Å². The summed E-state index contributed by atoms with van der Waals surface area (Å²) in [4.78, 5) is 23.3. The third-order valence-electron chi connectivity index (χ3n) is 2.86. The van der Waals surface area contributed by atoms with E-state index in [1.54, 1.807) is 13.0 Å². The Morgan fingerprint density at radius 2 is 2.05 bits per heavy atom. The van der Waals surface area contributed by atoms with Gasteiger partial charge in [0.1, 0.15) is 10.8 Å². The molecule has 4 nitrogen and oxygen atoms in total. The molecule has 0 saturated carbocycles. The van der Waals surface area contributed by atoms with Crippen LogP contribution < -0.4 is 5.32 Å². The van der Waals surface area contributed by atoms with Crippen molar-refractivity contribution >= 4 is 56.4 Å². The maximum atomic E-state index is 13.9.